The molecule has 0 unspecified atom stereocenters. The number of anilines is 1. The third kappa shape index (κ3) is 9.01. The highest BCUT2D eigenvalue weighted by molar-refractivity contribution is 5.92. The van der Waals surface area contributed by atoms with E-state index in [1.54, 1.807) is 6.07 Å². The first kappa shape index (κ1) is 36.2. The van der Waals surface area contributed by atoms with Gasteiger partial charge in [-0.1, -0.05) is 65.8 Å². The van der Waals surface area contributed by atoms with Crippen LogP contribution in [-0.2, 0) is 15.6 Å². The van der Waals surface area contributed by atoms with E-state index in [0.717, 1.165) is 74.0 Å². The van der Waals surface area contributed by atoms with Gasteiger partial charge in [-0.25, -0.2) is 14.8 Å². The molecule has 4 aromatic rings. The van der Waals surface area contributed by atoms with Crippen LogP contribution < -0.4 is 20.7 Å². The normalized spacial score (nSPS) is 18.5. The zero-order chi connectivity index (χ0) is 36.2. The highest BCUT2D eigenvalue weighted by Gasteiger charge is 2.30. The van der Waals surface area contributed by atoms with Crippen molar-refractivity contribution in [3.05, 3.63) is 77.1 Å². The van der Waals surface area contributed by atoms with E-state index in [1.807, 2.05) is 61.7 Å². The van der Waals surface area contributed by atoms with Crippen molar-refractivity contribution in [2.75, 3.05) is 44.7 Å². The molecule has 1 aromatic carbocycles. The number of ether oxygens (including phenoxy) is 2. The number of rotatable bonds is 9. The monoisotopic (exact) mass is 697 g/mol. The smallest absolute Gasteiger partial charge is 0.320 e. The quantitative estimate of drug-likeness (QED) is 0.187. The Morgan fingerprint density at radius 2 is 1.75 bits per heavy atom. The van der Waals surface area contributed by atoms with Crippen molar-refractivity contribution in [1.82, 2.24) is 40.1 Å². The first-order valence-electron chi connectivity index (χ1n) is 18.0. The van der Waals surface area contributed by atoms with Crippen LogP contribution in [0.25, 0.3) is 5.65 Å². The summed E-state index contributed by atoms with van der Waals surface area (Å²) in [5, 5.41) is 17.7. The Balaban J connectivity index is 1.11. The van der Waals surface area contributed by atoms with Crippen LogP contribution in [0.15, 0.2) is 48.7 Å². The maximum atomic E-state index is 13.5. The molecule has 0 spiro atoms. The highest BCUT2D eigenvalue weighted by atomic mass is 16.5. The number of pyridine rings is 1. The molecule has 2 aliphatic rings. The molecule has 3 aromatic heterocycles. The number of urea groups is 1. The molecular weight excluding hydrogens is 646 g/mol. The maximum absolute atomic E-state index is 13.5. The fraction of sp³-hybridized carbons (Fsp3) is 0.526. The van der Waals surface area contributed by atoms with Gasteiger partial charge in [0.15, 0.2) is 5.65 Å². The number of amides is 3. The summed E-state index contributed by atoms with van der Waals surface area (Å²) in [7, 11) is 0. The minimum absolute atomic E-state index is 0.0307. The molecule has 1 saturated heterocycles. The van der Waals surface area contributed by atoms with Gasteiger partial charge in [0, 0.05) is 43.1 Å². The summed E-state index contributed by atoms with van der Waals surface area (Å²) in [5.74, 6) is 1.52. The number of aromatic nitrogens is 5. The number of nitrogens with one attached hydrogen (secondary N) is 3. The van der Waals surface area contributed by atoms with Crippen LogP contribution in [0.3, 0.4) is 0 Å². The predicted octanol–water partition coefficient (Wildman–Crippen LogP) is 5.73. The molecule has 1 aliphatic heterocycles. The average molecular weight is 698 g/mol. The first-order chi connectivity index (χ1) is 24.3. The minimum atomic E-state index is -0.409. The fourth-order valence-electron chi connectivity index (χ4n) is 6.55. The van der Waals surface area contributed by atoms with Crippen LogP contribution in [0.4, 0.5) is 10.6 Å². The largest absolute Gasteiger partial charge is 0.484 e. The Kier molecular flexibility index (Phi) is 10.9. The molecule has 4 heterocycles. The van der Waals surface area contributed by atoms with E-state index < -0.39 is 6.03 Å². The van der Waals surface area contributed by atoms with E-state index in [1.165, 1.54) is 0 Å². The zero-order valence-electron chi connectivity index (χ0n) is 30.7. The summed E-state index contributed by atoms with van der Waals surface area (Å²) in [6.45, 7) is 17.2. The van der Waals surface area contributed by atoms with Crippen molar-refractivity contribution in [3.8, 4) is 5.75 Å². The molecule has 0 radical (unpaired) electrons. The molecule has 0 bridgehead atoms. The SMILES string of the molecule is CC(C)(C)c1cc(NC(=O)N[C@H]2CC[C@@H](Oc3ccc4nnc(C(C)(C)C)n4c3)c3ccccc32)nc(C(=O)NCCCN2CCCOCC2)n1. The second kappa shape index (κ2) is 15.3. The molecule has 1 fully saturated rings. The summed E-state index contributed by atoms with van der Waals surface area (Å²) in [4.78, 5) is 38.0. The molecule has 13 nitrogen and oxygen atoms in total. The third-order valence-electron chi connectivity index (χ3n) is 9.26. The van der Waals surface area contributed by atoms with Gasteiger partial charge in [0.1, 0.15) is 23.5 Å². The molecule has 6 rings (SSSR count). The standard InChI is InChI=1S/C38H51N9O4/c1-37(2,3)30-23-31(42-33(41-30)34(48)39-17-9-18-46-19-10-21-50-22-20-46)43-36(49)40-28-14-15-29(27-12-8-7-11-26(27)28)51-25-13-16-32-44-45-35(38(4,5)6)47(32)24-25/h7-8,11-13,16,23-24,28-29H,9-10,14-15,17-22H2,1-6H3,(H,39,48)(H2,40,41,42,43,49)/t28-,29+/m0/s1. The van der Waals surface area contributed by atoms with Crippen molar-refractivity contribution < 1.29 is 19.1 Å². The Labute approximate surface area is 299 Å². The van der Waals surface area contributed by atoms with Crippen molar-refractivity contribution in [2.45, 2.75) is 90.2 Å². The van der Waals surface area contributed by atoms with E-state index in [-0.39, 0.29) is 40.5 Å². The first-order valence-corrected chi connectivity index (χ1v) is 18.0. The van der Waals surface area contributed by atoms with Gasteiger partial charge in [-0.2, -0.15) is 0 Å². The summed E-state index contributed by atoms with van der Waals surface area (Å²) >= 11 is 0. The van der Waals surface area contributed by atoms with Crippen LogP contribution in [-0.4, -0.2) is 80.8 Å². The molecule has 1 aliphatic carbocycles. The number of fused-ring (bicyclic) bond motifs is 2. The Morgan fingerprint density at radius 3 is 2.53 bits per heavy atom. The second-order valence-corrected chi connectivity index (χ2v) is 15.5. The highest BCUT2D eigenvalue weighted by Crippen LogP contribution is 2.39. The molecule has 3 amide bonds. The number of carbonyl (C=O) groups excluding carboxylic acids is 2. The van der Waals surface area contributed by atoms with Crippen molar-refractivity contribution in [3.63, 3.8) is 0 Å². The Morgan fingerprint density at radius 1 is 0.941 bits per heavy atom. The van der Waals surface area contributed by atoms with Gasteiger partial charge >= 0.3 is 6.03 Å². The molecule has 0 saturated carbocycles. The fourth-order valence-corrected chi connectivity index (χ4v) is 6.55. The van der Waals surface area contributed by atoms with Gasteiger partial charge in [-0.3, -0.25) is 14.5 Å². The lowest BCUT2D eigenvalue weighted by molar-refractivity contribution is 0.0940. The van der Waals surface area contributed by atoms with Crippen LogP contribution in [0, 0.1) is 0 Å². The van der Waals surface area contributed by atoms with Crippen LogP contribution in [0.1, 0.15) is 113 Å². The van der Waals surface area contributed by atoms with Gasteiger partial charge in [0.25, 0.3) is 5.91 Å². The average Bonchev–Trinajstić information content (AvgIpc) is 3.35. The van der Waals surface area contributed by atoms with E-state index in [0.29, 0.717) is 25.1 Å². The van der Waals surface area contributed by atoms with Gasteiger partial charge in [0.05, 0.1) is 24.5 Å². The molecular formula is C38H51N9O4. The van der Waals surface area contributed by atoms with Crippen molar-refractivity contribution in [1.29, 1.82) is 0 Å². The van der Waals surface area contributed by atoms with E-state index in [9.17, 15) is 9.59 Å². The molecule has 13 heteroatoms. The van der Waals surface area contributed by atoms with E-state index in [4.69, 9.17) is 9.47 Å². The Bertz CT molecular complexity index is 1840. The van der Waals surface area contributed by atoms with Gasteiger partial charge in [-0.15, -0.1) is 10.2 Å². The van der Waals surface area contributed by atoms with Gasteiger partial charge in [-0.05, 0) is 55.5 Å². The second-order valence-electron chi connectivity index (χ2n) is 15.5. The molecule has 3 N–H and O–H groups in total. The topological polar surface area (TPSA) is 148 Å². The maximum Gasteiger partial charge on any atom is 0.320 e. The van der Waals surface area contributed by atoms with E-state index >= 15 is 0 Å². The van der Waals surface area contributed by atoms with Crippen LogP contribution >= 0.6 is 0 Å². The molecule has 51 heavy (non-hydrogen) atoms. The number of benzene rings is 1. The summed E-state index contributed by atoms with van der Waals surface area (Å²) in [6.07, 6.45) is 4.96. The van der Waals surface area contributed by atoms with Crippen molar-refractivity contribution in [2.24, 2.45) is 0 Å². The summed E-state index contributed by atoms with van der Waals surface area (Å²) < 4.78 is 14.1. The predicted molar refractivity (Wildman–Crippen MR) is 195 cm³/mol. The lowest BCUT2D eigenvalue weighted by atomic mass is 9.85. The van der Waals surface area contributed by atoms with Gasteiger partial charge < -0.3 is 25.0 Å². The number of carbonyl (C=O) groups is 2. The lowest BCUT2D eigenvalue weighted by Crippen LogP contribution is -2.36. The van der Waals surface area contributed by atoms with Gasteiger partial charge in [0.2, 0.25) is 5.82 Å². The Hall–Kier alpha value is -4.62. The number of nitrogens with zero attached hydrogens (tertiary/aromatic N) is 6. The van der Waals surface area contributed by atoms with Crippen LogP contribution in [0.5, 0.6) is 5.75 Å². The summed E-state index contributed by atoms with van der Waals surface area (Å²) in [5.41, 5.74) is 2.90. The minimum Gasteiger partial charge on any atom is -0.484 e. The zero-order valence-corrected chi connectivity index (χ0v) is 30.7. The lowest BCUT2D eigenvalue weighted by Gasteiger charge is -2.32. The van der Waals surface area contributed by atoms with Crippen molar-refractivity contribution >= 4 is 23.4 Å². The number of hydrogen-bond donors (Lipinski definition) is 3. The molecule has 2 atom stereocenters. The van der Waals surface area contributed by atoms with E-state index in [2.05, 4.69) is 67.9 Å². The summed E-state index contributed by atoms with van der Waals surface area (Å²) in [6, 6.07) is 13.0. The molecule has 272 valence electrons. The number of hydrogen-bond acceptors (Lipinski definition) is 9. The van der Waals surface area contributed by atoms with Crippen LogP contribution in [0.2, 0.25) is 0 Å². The third-order valence-corrected chi connectivity index (χ3v) is 9.26.